The van der Waals surface area contributed by atoms with Crippen LogP contribution in [0.1, 0.15) is 27.2 Å². The molecule has 17 heavy (non-hydrogen) atoms. The predicted molar refractivity (Wildman–Crippen MR) is 74.2 cm³/mol. The standard InChI is InChI=1S/C12H25N3OS/c1-9(2)12(3,8-13)15-11(16)6-10-7-17-5-4-14-10/h9-10,14H,4-8,13H2,1-3H3,(H,15,16). The molecule has 5 heteroatoms. The molecule has 0 saturated carbocycles. The van der Waals surface area contributed by atoms with E-state index in [1.54, 1.807) is 0 Å². The van der Waals surface area contributed by atoms with Gasteiger partial charge in [0.2, 0.25) is 5.91 Å². The van der Waals surface area contributed by atoms with Gasteiger partial charge in [-0.2, -0.15) is 11.8 Å². The second-order valence-corrected chi connectivity index (χ2v) is 6.40. The molecule has 1 fully saturated rings. The van der Waals surface area contributed by atoms with E-state index in [0.29, 0.717) is 24.9 Å². The van der Waals surface area contributed by atoms with Gasteiger partial charge < -0.3 is 16.4 Å². The number of nitrogens with two attached hydrogens (primary N) is 1. The Kier molecular flexibility index (Phi) is 5.76. The van der Waals surface area contributed by atoms with Crippen LogP contribution < -0.4 is 16.4 Å². The molecule has 1 heterocycles. The minimum atomic E-state index is -0.293. The first kappa shape index (κ1) is 14.8. The zero-order valence-electron chi connectivity index (χ0n) is 11.1. The third-order valence-electron chi connectivity index (χ3n) is 3.55. The summed E-state index contributed by atoms with van der Waals surface area (Å²) in [5.74, 6) is 2.61. The van der Waals surface area contributed by atoms with Gasteiger partial charge in [0, 0.05) is 37.1 Å². The molecule has 100 valence electrons. The minimum Gasteiger partial charge on any atom is -0.349 e. The van der Waals surface area contributed by atoms with Gasteiger partial charge in [0.15, 0.2) is 0 Å². The van der Waals surface area contributed by atoms with Gasteiger partial charge in [0.25, 0.3) is 0 Å². The molecule has 0 aromatic heterocycles. The van der Waals surface area contributed by atoms with Crippen molar-refractivity contribution in [3.05, 3.63) is 0 Å². The van der Waals surface area contributed by atoms with Gasteiger partial charge in [-0.1, -0.05) is 13.8 Å². The largest absolute Gasteiger partial charge is 0.349 e. The lowest BCUT2D eigenvalue weighted by molar-refractivity contribution is -0.123. The summed E-state index contributed by atoms with van der Waals surface area (Å²) in [6, 6.07) is 0.308. The molecular formula is C12H25N3OS. The van der Waals surface area contributed by atoms with E-state index in [1.165, 1.54) is 0 Å². The van der Waals surface area contributed by atoms with E-state index in [9.17, 15) is 4.79 Å². The Labute approximate surface area is 108 Å². The first-order chi connectivity index (χ1) is 7.98. The van der Waals surface area contributed by atoms with Crippen LogP contribution in [0.4, 0.5) is 0 Å². The second kappa shape index (κ2) is 6.61. The van der Waals surface area contributed by atoms with Crippen molar-refractivity contribution in [2.24, 2.45) is 11.7 Å². The van der Waals surface area contributed by atoms with Crippen molar-refractivity contribution in [2.45, 2.75) is 38.8 Å². The fourth-order valence-electron chi connectivity index (χ4n) is 1.78. The molecule has 0 aromatic carbocycles. The van der Waals surface area contributed by atoms with E-state index in [2.05, 4.69) is 24.5 Å². The van der Waals surface area contributed by atoms with Gasteiger partial charge >= 0.3 is 0 Å². The molecule has 4 N–H and O–H groups in total. The third kappa shape index (κ3) is 4.48. The summed E-state index contributed by atoms with van der Waals surface area (Å²) in [4.78, 5) is 12.0. The Balaban J connectivity index is 2.42. The van der Waals surface area contributed by atoms with Crippen molar-refractivity contribution < 1.29 is 4.79 Å². The van der Waals surface area contributed by atoms with Crippen molar-refractivity contribution in [1.82, 2.24) is 10.6 Å². The van der Waals surface area contributed by atoms with Gasteiger partial charge in [-0.15, -0.1) is 0 Å². The number of carbonyl (C=O) groups excluding carboxylic acids is 1. The average molecular weight is 259 g/mol. The second-order valence-electron chi connectivity index (χ2n) is 5.25. The predicted octanol–water partition coefficient (Wildman–Crippen LogP) is 0.571. The highest BCUT2D eigenvalue weighted by molar-refractivity contribution is 7.99. The Hall–Kier alpha value is -0.260. The van der Waals surface area contributed by atoms with Crippen molar-refractivity contribution in [2.75, 3.05) is 24.6 Å². The van der Waals surface area contributed by atoms with Crippen LogP contribution in [0.15, 0.2) is 0 Å². The maximum Gasteiger partial charge on any atom is 0.222 e. The molecule has 0 spiro atoms. The smallest absolute Gasteiger partial charge is 0.222 e. The summed E-state index contributed by atoms with van der Waals surface area (Å²) < 4.78 is 0. The fourth-order valence-corrected chi connectivity index (χ4v) is 2.72. The van der Waals surface area contributed by atoms with Crippen molar-refractivity contribution in [3.8, 4) is 0 Å². The van der Waals surface area contributed by atoms with Crippen molar-refractivity contribution >= 4 is 17.7 Å². The molecular weight excluding hydrogens is 234 g/mol. The summed E-state index contributed by atoms with van der Waals surface area (Å²) in [6.45, 7) is 7.66. The average Bonchev–Trinajstić information content (AvgIpc) is 2.29. The molecule has 1 aliphatic rings. The molecule has 0 radical (unpaired) electrons. The normalized spacial score (nSPS) is 24.4. The lowest BCUT2D eigenvalue weighted by Gasteiger charge is -2.34. The summed E-state index contributed by atoms with van der Waals surface area (Å²) >= 11 is 1.91. The third-order valence-corrected chi connectivity index (χ3v) is 4.68. The van der Waals surface area contributed by atoms with Crippen LogP contribution in [-0.4, -0.2) is 42.1 Å². The maximum atomic E-state index is 12.0. The molecule has 0 aliphatic carbocycles. The lowest BCUT2D eigenvalue weighted by Crippen LogP contribution is -2.56. The SMILES string of the molecule is CC(C)C(C)(CN)NC(=O)CC1CSCCN1. The molecule has 0 aromatic rings. The van der Waals surface area contributed by atoms with Crippen molar-refractivity contribution in [1.29, 1.82) is 0 Å². The Morgan fingerprint density at radius 1 is 1.65 bits per heavy atom. The lowest BCUT2D eigenvalue weighted by atomic mass is 9.88. The first-order valence-electron chi connectivity index (χ1n) is 6.30. The van der Waals surface area contributed by atoms with Gasteiger partial charge in [0.1, 0.15) is 0 Å². The van der Waals surface area contributed by atoms with Crippen LogP contribution in [0.25, 0.3) is 0 Å². The number of rotatable bonds is 5. The van der Waals surface area contributed by atoms with E-state index in [1.807, 2.05) is 18.7 Å². The first-order valence-corrected chi connectivity index (χ1v) is 7.45. The number of amides is 1. The van der Waals surface area contributed by atoms with E-state index < -0.39 is 0 Å². The monoisotopic (exact) mass is 259 g/mol. The van der Waals surface area contributed by atoms with Crippen LogP contribution in [0.3, 0.4) is 0 Å². The molecule has 1 saturated heterocycles. The van der Waals surface area contributed by atoms with E-state index >= 15 is 0 Å². The van der Waals surface area contributed by atoms with E-state index in [-0.39, 0.29) is 11.4 Å². The number of hydrogen-bond donors (Lipinski definition) is 3. The Morgan fingerprint density at radius 2 is 2.35 bits per heavy atom. The van der Waals surface area contributed by atoms with Crippen LogP contribution in [0, 0.1) is 5.92 Å². The summed E-state index contributed by atoms with van der Waals surface area (Å²) in [6.07, 6.45) is 0.551. The van der Waals surface area contributed by atoms with Gasteiger partial charge in [-0.3, -0.25) is 4.79 Å². The topological polar surface area (TPSA) is 67.1 Å². The van der Waals surface area contributed by atoms with Crippen LogP contribution in [0.5, 0.6) is 0 Å². The number of thioether (sulfide) groups is 1. The molecule has 0 bridgehead atoms. The molecule has 1 rings (SSSR count). The molecule has 1 amide bonds. The number of hydrogen-bond acceptors (Lipinski definition) is 4. The van der Waals surface area contributed by atoms with E-state index in [0.717, 1.165) is 18.1 Å². The van der Waals surface area contributed by atoms with Crippen LogP contribution in [0.2, 0.25) is 0 Å². The number of nitrogens with one attached hydrogen (secondary N) is 2. The zero-order valence-corrected chi connectivity index (χ0v) is 11.9. The fraction of sp³-hybridized carbons (Fsp3) is 0.917. The van der Waals surface area contributed by atoms with Gasteiger partial charge in [0.05, 0.1) is 5.54 Å². The van der Waals surface area contributed by atoms with Gasteiger partial charge in [-0.05, 0) is 12.8 Å². The molecule has 1 aliphatic heterocycles. The quantitative estimate of drug-likeness (QED) is 0.675. The molecule has 2 unspecified atom stereocenters. The zero-order chi connectivity index (χ0) is 12.9. The minimum absolute atomic E-state index is 0.103. The van der Waals surface area contributed by atoms with Gasteiger partial charge in [-0.25, -0.2) is 0 Å². The Bertz CT molecular complexity index is 254. The van der Waals surface area contributed by atoms with Crippen LogP contribution >= 0.6 is 11.8 Å². The van der Waals surface area contributed by atoms with E-state index in [4.69, 9.17) is 5.73 Å². The highest BCUT2D eigenvalue weighted by Gasteiger charge is 2.29. The highest BCUT2D eigenvalue weighted by Crippen LogP contribution is 2.16. The maximum absolute atomic E-state index is 12.0. The summed E-state index contributed by atoms with van der Waals surface area (Å²) in [7, 11) is 0. The van der Waals surface area contributed by atoms with Crippen LogP contribution in [-0.2, 0) is 4.79 Å². The molecule has 4 nitrogen and oxygen atoms in total. The van der Waals surface area contributed by atoms with Crippen molar-refractivity contribution in [3.63, 3.8) is 0 Å². The summed E-state index contributed by atoms with van der Waals surface area (Å²) in [5.41, 5.74) is 5.46. The Morgan fingerprint density at radius 3 is 2.82 bits per heavy atom. The molecule has 2 atom stereocenters. The number of carbonyl (C=O) groups is 1. The highest BCUT2D eigenvalue weighted by atomic mass is 32.2. The summed E-state index contributed by atoms with van der Waals surface area (Å²) in [5, 5.41) is 6.45.